The van der Waals surface area contributed by atoms with E-state index in [1.807, 2.05) is 0 Å². The first-order valence-electron chi connectivity index (χ1n) is 9.35. The molecule has 0 saturated heterocycles. The van der Waals surface area contributed by atoms with E-state index in [1.165, 1.54) is 10.6 Å². The van der Waals surface area contributed by atoms with Gasteiger partial charge in [-0.15, -0.1) is 0 Å². The molecule has 1 unspecified atom stereocenters. The van der Waals surface area contributed by atoms with Gasteiger partial charge in [-0.25, -0.2) is 0 Å². The summed E-state index contributed by atoms with van der Waals surface area (Å²) in [4.78, 5) is 21.2. The average molecular weight is 394 g/mol. The number of rotatable bonds is 5. The van der Waals surface area contributed by atoms with Crippen LogP contribution in [0.2, 0.25) is 0 Å². The lowest BCUT2D eigenvalue weighted by Crippen LogP contribution is -2.42. The quantitative estimate of drug-likeness (QED) is 0.562. The second-order valence-corrected chi connectivity index (χ2v) is 6.83. The van der Waals surface area contributed by atoms with Crippen molar-refractivity contribution in [2.75, 3.05) is 0 Å². The van der Waals surface area contributed by atoms with Gasteiger partial charge in [0.05, 0.1) is 17.7 Å². The summed E-state index contributed by atoms with van der Waals surface area (Å²) in [6.45, 7) is 0. The van der Waals surface area contributed by atoms with Crippen molar-refractivity contribution in [2.45, 2.75) is 11.6 Å². The van der Waals surface area contributed by atoms with Crippen LogP contribution in [0.3, 0.4) is 0 Å². The van der Waals surface area contributed by atoms with E-state index in [4.69, 9.17) is 0 Å². The Hall–Kier alpha value is -4.08. The third kappa shape index (κ3) is 3.39. The molecule has 0 spiro atoms. The molecule has 3 heterocycles. The molecule has 1 atom stereocenters. The van der Waals surface area contributed by atoms with Crippen LogP contribution in [0.15, 0.2) is 103 Å². The molecule has 1 N–H and O–H groups in total. The summed E-state index contributed by atoms with van der Waals surface area (Å²) in [6.07, 6.45) is 8.05. The van der Waals surface area contributed by atoms with Crippen LogP contribution in [-0.2, 0) is 5.60 Å². The summed E-state index contributed by atoms with van der Waals surface area (Å²) in [6, 6.07) is 20.0. The predicted molar refractivity (Wildman–Crippen MR) is 111 cm³/mol. The first-order valence-corrected chi connectivity index (χ1v) is 9.35. The van der Waals surface area contributed by atoms with Gasteiger partial charge >= 0.3 is 0 Å². The number of nitriles is 1. The minimum Gasteiger partial charge on any atom is -0.378 e. The Labute approximate surface area is 173 Å². The van der Waals surface area contributed by atoms with Crippen molar-refractivity contribution in [3.63, 3.8) is 0 Å². The molecule has 4 rings (SSSR count). The Morgan fingerprint density at radius 3 is 2.03 bits per heavy atom. The van der Waals surface area contributed by atoms with E-state index in [9.17, 15) is 15.2 Å². The number of nitrogens with zero attached hydrogens (tertiary/aromatic N) is 4. The number of pyridine rings is 3. The van der Waals surface area contributed by atoms with Gasteiger partial charge in [-0.1, -0.05) is 30.3 Å². The maximum absolute atomic E-state index is 12.8. The Bertz CT molecular complexity index is 1190. The Morgan fingerprint density at radius 2 is 1.53 bits per heavy atom. The molecule has 0 aliphatic heterocycles. The third-order valence-corrected chi connectivity index (χ3v) is 5.08. The molecule has 3 aromatic heterocycles. The van der Waals surface area contributed by atoms with Crippen LogP contribution in [0.25, 0.3) is 0 Å². The maximum atomic E-state index is 12.8. The lowest BCUT2D eigenvalue weighted by Gasteiger charge is -2.38. The van der Waals surface area contributed by atoms with Crippen molar-refractivity contribution in [1.29, 1.82) is 5.26 Å². The minimum atomic E-state index is -1.65. The fourth-order valence-corrected chi connectivity index (χ4v) is 3.65. The van der Waals surface area contributed by atoms with Crippen LogP contribution >= 0.6 is 0 Å². The molecule has 0 aliphatic rings. The van der Waals surface area contributed by atoms with Gasteiger partial charge in [-0.2, -0.15) is 5.26 Å². The normalized spacial score (nSPS) is 12.1. The highest BCUT2D eigenvalue weighted by atomic mass is 16.3. The fraction of sp³-hybridized carbons (Fsp3) is 0.0833. The summed E-state index contributed by atoms with van der Waals surface area (Å²) >= 11 is 0. The molecule has 30 heavy (non-hydrogen) atoms. The largest absolute Gasteiger partial charge is 0.378 e. The average Bonchev–Trinajstić information content (AvgIpc) is 2.82. The Balaban J connectivity index is 2.05. The molecule has 6 heteroatoms. The second kappa shape index (κ2) is 8.11. The molecule has 0 saturated carbocycles. The van der Waals surface area contributed by atoms with Gasteiger partial charge in [0.1, 0.15) is 5.60 Å². The van der Waals surface area contributed by atoms with Crippen LogP contribution < -0.4 is 5.56 Å². The zero-order valence-electron chi connectivity index (χ0n) is 16.0. The molecule has 0 aliphatic carbocycles. The molecular weight excluding hydrogens is 376 g/mol. The van der Waals surface area contributed by atoms with E-state index in [2.05, 4.69) is 16.0 Å². The van der Waals surface area contributed by atoms with Crippen LogP contribution in [-0.4, -0.2) is 19.6 Å². The number of benzene rings is 1. The lowest BCUT2D eigenvalue weighted by atomic mass is 9.78. The molecule has 146 valence electrons. The van der Waals surface area contributed by atoms with Crippen LogP contribution in [0.4, 0.5) is 0 Å². The van der Waals surface area contributed by atoms with E-state index in [0.717, 1.165) is 0 Å². The number of aliphatic hydroxyl groups is 1. The van der Waals surface area contributed by atoms with Crippen molar-refractivity contribution in [3.05, 3.63) is 130 Å². The van der Waals surface area contributed by atoms with E-state index < -0.39 is 11.6 Å². The fourth-order valence-electron chi connectivity index (χ4n) is 3.65. The standard InChI is InChI=1S/C24H18N4O2/c25-15-18-8-10-19(11-9-18)23(28-14-2-1-7-22(28)29)24(30,20-5-3-12-26-16-20)21-6-4-13-27-17-21/h1-14,16-17,23,30H. The highest BCUT2D eigenvalue weighted by Gasteiger charge is 2.43. The smallest absolute Gasteiger partial charge is 0.251 e. The summed E-state index contributed by atoms with van der Waals surface area (Å²) in [7, 11) is 0. The third-order valence-electron chi connectivity index (χ3n) is 5.08. The SMILES string of the molecule is N#Cc1ccc(C(n2ccccc2=O)C(O)(c2cccnc2)c2cccnc2)cc1. The van der Waals surface area contributed by atoms with E-state index in [1.54, 1.807) is 91.6 Å². The number of aromatic nitrogens is 3. The van der Waals surface area contributed by atoms with Crippen LogP contribution in [0, 0.1) is 11.3 Å². The number of hydrogen-bond donors (Lipinski definition) is 1. The summed E-state index contributed by atoms with van der Waals surface area (Å²) in [5.74, 6) is 0. The molecule has 4 aromatic rings. The van der Waals surface area contributed by atoms with E-state index in [-0.39, 0.29) is 5.56 Å². The highest BCUT2D eigenvalue weighted by molar-refractivity contribution is 5.42. The van der Waals surface area contributed by atoms with Gasteiger partial charge in [-0.3, -0.25) is 14.8 Å². The van der Waals surface area contributed by atoms with Crippen LogP contribution in [0.1, 0.15) is 28.3 Å². The van der Waals surface area contributed by atoms with E-state index in [0.29, 0.717) is 22.3 Å². The number of hydrogen-bond acceptors (Lipinski definition) is 5. The summed E-state index contributed by atoms with van der Waals surface area (Å²) in [5.41, 5.74) is 0.271. The topological polar surface area (TPSA) is 91.8 Å². The maximum Gasteiger partial charge on any atom is 0.251 e. The molecule has 0 bridgehead atoms. The lowest BCUT2D eigenvalue weighted by molar-refractivity contribution is 0.0363. The molecule has 6 nitrogen and oxygen atoms in total. The summed E-state index contributed by atoms with van der Waals surface area (Å²) < 4.78 is 1.49. The monoisotopic (exact) mass is 394 g/mol. The van der Waals surface area contributed by atoms with Crippen molar-refractivity contribution >= 4 is 0 Å². The molecule has 0 amide bonds. The van der Waals surface area contributed by atoms with Crippen molar-refractivity contribution in [2.24, 2.45) is 0 Å². The first-order chi connectivity index (χ1) is 14.6. The van der Waals surface area contributed by atoms with Crippen molar-refractivity contribution in [3.8, 4) is 6.07 Å². The van der Waals surface area contributed by atoms with Crippen molar-refractivity contribution in [1.82, 2.24) is 14.5 Å². The summed E-state index contributed by atoms with van der Waals surface area (Å²) in [5, 5.41) is 21.4. The van der Waals surface area contributed by atoms with Gasteiger partial charge in [-0.05, 0) is 35.9 Å². The van der Waals surface area contributed by atoms with Gasteiger partial charge < -0.3 is 9.67 Å². The zero-order valence-corrected chi connectivity index (χ0v) is 16.0. The molecule has 0 radical (unpaired) electrons. The minimum absolute atomic E-state index is 0.266. The highest BCUT2D eigenvalue weighted by Crippen LogP contribution is 2.42. The van der Waals surface area contributed by atoms with E-state index >= 15 is 0 Å². The Kier molecular flexibility index (Phi) is 5.21. The van der Waals surface area contributed by atoms with Gasteiger partial charge in [0.2, 0.25) is 0 Å². The van der Waals surface area contributed by atoms with Gasteiger partial charge in [0.25, 0.3) is 5.56 Å². The zero-order chi connectivity index (χ0) is 21.0. The van der Waals surface area contributed by atoms with Crippen LogP contribution in [0.5, 0.6) is 0 Å². The molecule has 1 aromatic carbocycles. The van der Waals surface area contributed by atoms with Crippen molar-refractivity contribution < 1.29 is 5.11 Å². The molecule has 0 fully saturated rings. The predicted octanol–water partition coefficient (Wildman–Crippen LogP) is 3.04. The second-order valence-electron chi connectivity index (χ2n) is 6.83. The molecular formula is C24H18N4O2. The van der Waals surface area contributed by atoms with Gasteiger partial charge in [0, 0.05) is 48.2 Å². The Morgan fingerprint density at radius 1 is 0.900 bits per heavy atom. The van der Waals surface area contributed by atoms with Gasteiger partial charge in [0.15, 0.2) is 0 Å². The first kappa shape index (κ1) is 19.2.